The van der Waals surface area contributed by atoms with Crippen LogP contribution in [0.3, 0.4) is 0 Å². The lowest BCUT2D eigenvalue weighted by molar-refractivity contribution is -0.154. The molecule has 0 aliphatic carbocycles. The number of rotatable bonds is 3. The zero-order valence-corrected chi connectivity index (χ0v) is 8.40. The number of imide groups is 1. The van der Waals surface area contributed by atoms with Crippen LogP contribution < -0.4 is 10.6 Å². The van der Waals surface area contributed by atoms with Crippen molar-refractivity contribution in [3.63, 3.8) is 0 Å². The zero-order chi connectivity index (χ0) is 12.3. The first-order chi connectivity index (χ1) is 7.42. The number of amides is 3. The number of hydrogen-bond donors (Lipinski definition) is 3. The molecule has 0 aromatic carbocycles. The van der Waals surface area contributed by atoms with Crippen LogP contribution in [0.2, 0.25) is 0 Å². The van der Waals surface area contributed by atoms with Gasteiger partial charge in [0.25, 0.3) is 5.91 Å². The maximum atomic E-state index is 11.5. The van der Waals surface area contributed by atoms with Crippen LogP contribution in [0.5, 0.6) is 0 Å². The fourth-order valence-corrected chi connectivity index (χ4v) is 1.35. The molecule has 0 bridgehead atoms. The van der Waals surface area contributed by atoms with Gasteiger partial charge in [-0.25, -0.2) is 9.59 Å². The van der Waals surface area contributed by atoms with Crippen LogP contribution in [0.25, 0.3) is 0 Å². The molecule has 1 heterocycles. The quantitative estimate of drug-likeness (QED) is 0.311. The van der Waals surface area contributed by atoms with Gasteiger partial charge in [-0.2, -0.15) is 0 Å². The van der Waals surface area contributed by atoms with Crippen LogP contribution in [0.15, 0.2) is 0 Å². The Balaban J connectivity index is 3.02. The first-order valence-corrected chi connectivity index (χ1v) is 4.45. The van der Waals surface area contributed by atoms with E-state index in [1.807, 2.05) is 5.32 Å². The van der Waals surface area contributed by atoms with Crippen molar-refractivity contribution in [3.8, 4) is 0 Å². The highest BCUT2D eigenvalue weighted by molar-refractivity contribution is 6.21. The average molecular weight is 230 g/mol. The van der Waals surface area contributed by atoms with Gasteiger partial charge >= 0.3 is 12.1 Å². The van der Waals surface area contributed by atoms with Gasteiger partial charge in [0.1, 0.15) is 0 Å². The van der Waals surface area contributed by atoms with Gasteiger partial charge in [0.2, 0.25) is 11.4 Å². The zero-order valence-electron chi connectivity index (χ0n) is 8.40. The summed E-state index contributed by atoms with van der Waals surface area (Å²) in [5, 5.41) is 12.1. The van der Waals surface area contributed by atoms with Crippen LogP contribution in [-0.2, 0) is 19.1 Å². The van der Waals surface area contributed by atoms with Crippen LogP contribution in [0.4, 0.5) is 4.79 Å². The fourth-order valence-electron chi connectivity index (χ4n) is 1.35. The van der Waals surface area contributed by atoms with Gasteiger partial charge in [-0.15, -0.1) is 0 Å². The predicted molar refractivity (Wildman–Crippen MR) is 48.3 cm³/mol. The fraction of sp³-hybridized carbons (Fsp3) is 0.500. The van der Waals surface area contributed by atoms with Crippen LogP contribution in [0, 0.1) is 0 Å². The van der Waals surface area contributed by atoms with Gasteiger partial charge in [0.05, 0.1) is 13.0 Å². The number of nitrogens with one attached hydrogen (secondary N) is 2. The van der Waals surface area contributed by atoms with Crippen molar-refractivity contribution in [2.24, 2.45) is 0 Å². The van der Waals surface area contributed by atoms with Crippen molar-refractivity contribution in [2.45, 2.75) is 18.9 Å². The standard InChI is InChI=1S/C8H10N2O6/c1-2-16-6(13)8(10-7(14)15)3-4(11)9-5(8)12/h10H,2-3H2,1H3,(H,14,15)(H,9,11,12). The average Bonchev–Trinajstić information content (AvgIpc) is 2.42. The molecule has 0 saturated carbocycles. The van der Waals surface area contributed by atoms with E-state index >= 15 is 0 Å². The Hall–Kier alpha value is -2.12. The molecule has 0 aromatic heterocycles. The third kappa shape index (κ3) is 1.95. The summed E-state index contributed by atoms with van der Waals surface area (Å²) in [4.78, 5) is 44.4. The van der Waals surface area contributed by atoms with Crippen molar-refractivity contribution >= 4 is 23.9 Å². The molecule has 3 amide bonds. The number of esters is 1. The highest BCUT2D eigenvalue weighted by Crippen LogP contribution is 2.19. The largest absolute Gasteiger partial charge is 0.465 e. The first kappa shape index (κ1) is 12.0. The Bertz CT molecular complexity index is 366. The van der Waals surface area contributed by atoms with Crippen molar-refractivity contribution in [3.05, 3.63) is 0 Å². The molecular weight excluding hydrogens is 220 g/mol. The second-order valence-electron chi connectivity index (χ2n) is 3.11. The van der Waals surface area contributed by atoms with E-state index in [9.17, 15) is 19.2 Å². The lowest BCUT2D eigenvalue weighted by atomic mass is 9.98. The maximum absolute atomic E-state index is 11.5. The molecule has 88 valence electrons. The minimum atomic E-state index is -2.15. The molecule has 0 aromatic rings. The summed E-state index contributed by atoms with van der Waals surface area (Å²) in [6.07, 6.45) is -2.17. The van der Waals surface area contributed by atoms with Gasteiger partial charge in [0.15, 0.2) is 0 Å². The Morgan fingerprint density at radius 1 is 1.56 bits per heavy atom. The summed E-state index contributed by atoms with van der Waals surface area (Å²) in [6, 6.07) is 0. The van der Waals surface area contributed by atoms with Crippen LogP contribution >= 0.6 is 0 Å². The van der Waals surface area contributed by atoms with Crippen LogP contribution in [-0.4, -0.2) is 41.1 Å². The second kappa shape index (κ2) is 4.17. The van der Waals surface area contributed by atoms with E-state index in [1.54, 1.807) is 5.32 Å². The monoisotopic (exact) mass is 230 g/mol. The smallest absolute Gasteiger partial charge is 0.406 e. The van der Waals surface area contributed by atoms with Gasteiger partial charge in [-0.3, -0.25) is 20.2 Å². The number of carboxylic acid groups (broad SMARTS) is 1. The minimum Gasteiger partial charge on any atom is -0.465 e. The normalized spacial score (nSPS) is 23.8. The number of hydrogen-bond acceptors (Lipinski definition) is 5. The first-order valence-electron chi connectivity index (χ1n) is 4.45. The molecule has 1 rings (SSSR count). The summed E-state index contributed by atoms with van der Waals surface area (Å²) in [7, 11) is 0. The molecular formula is C8H10N2O6. The molecule has 1 atom stereocenters. The van der Waals surface area contributed by atoms with E-state index in [0.717, 1.165) is 0 Å². The molecule has 0 spiro atoms. The second-order valence-corrected chi connectivity index (χ2v) is 3.11. The van der Waals surface area contributed by atoms with E-state index in [1.165, 1.54) is 6.92 Å². The van der Waals surface area contributed by atoms with Gasteiger partial charge < -0.3 is 9.84 Å². The number of carbonyl (C=O) groups is 4. The molecule has 3 N–H and O–H groups in total. The Labute approximate surface area is 89.9 Å². The molecule has 16 heavy (non-hydrogen) atoms. The molecule has 1 aliphatic heterocycles. The topological polar surface area (TPSA) is 122 Å². The SMILES string of the molecule is CCOC(=O)C1(NC(=O)O)CC(=O)NC1=O. The molecule has 1 saturated heterocycles. The molecule has 1 aliphatic rings. The molecule has 8 heteroatoms. The minimum absolute atomic E-state index is 0.0245. The lowest BCUT2D eigenvalue weighted by Crippen LogP contribution is -2.59. The van der Waals surface area contributed by atoms with E-state index < -0.39 is 35.8 Å². The Morgan fingerprint density at radius 3 is 2.56 bits per heavy atom. The van der Waals surface area contributed by atoms with E-state index in [4.69, 9.17) is 5.11 Å². The third-order valence-corrected chi connectivity index (χ3v) is 2.01. The molecule has 8 nitrogen and oxygen atoms in total. The van der Waals surface area contributed by atoms with Crippen molar-refractivity contribution in [1.29, 1.82) is 0 Å². The summed E-state index contributed by atoms with van der Waals surface area (Å²) in [5.74, 6) is -2.83. The van der Waals surface area contributed by atoms with E-state index in [-0.39, 0.29) is 6.61 Å². The van der Waals surface area contributed by atoms with Crippen molar-refractivity contribution in [2.75, 3.05) is 6.61 Å². The summed E-state index contributed by atoms with van der Waals surface area (Å²) >= 11 is 0. The number of carbonyl (C=O) groups excluding carboxylic acids is 3. The number of ether oxygens (including phenoxy) is 1. The highest BCUT2D eigenvalue weighted by Gasteiger charge is 2.55. The Morgan fingerprint density at radius 2 is 2.19 bits per heavy atom. The Kier molecular flexibility index (Phi) is 3.11. The summed E-state index contributed by atoms with van der Waals surface area (Å²) < 4.78 is 4.57. The van der Waals surface area contributed by atoms with Crippen LogP contribution in [0.1, 0.15) is 13.3 Å². The third-order valence-electron chi connectivity index (χ3n) is 2.01. The molecule has 0 radical (unpaired) electrons. The van der Waals surface area contributed by atoms with Crippen molar-refractivity contribution in [1.82, 2.24) is 10.6 Å². The summed E-state index contributed by atoms with van der Waals surface area (Å²) in [6.45, 7) is 1.48. The molecule has 1 fully saturated rings. The predicted octanol–water partition coefficient (Wildman–Crippen LogP) is -1.40. The van der Waals surface area contributed by atoms with Crippen molar-refractivity contribution < 1.29 is 29.0 Å². The van der Waals surface area contributed by atoms with Gasteiger partial charge in [-0.1, -0.05) is 0 Å². The summed E-state index contributed by atoms with van der Waals surface area (Å²) in [5.41, 5.74) is -2.15. The molecule has 1 unspecified atom stereocenters. The van der Waals surface area contributed by atoms with E-state index in [2.05, 4.69) is 4.74 Å². The highest BCUT2D eigenvalue weighted by atomic mass is 16.5. The lowest BCUT2D eigenvalue weighted by Gasteiger charge is -2.22. The van der Waals surface area contributed by atoms with E-state index in [0.29, 0.717) is 0 Å². The maximum Gasteiger partial charge on any atom is 0.406 e. The van der Waals surface area contributed by atoms with Gasteiger partial charge in [0, 0.05) is 0 Å². The van der Waals surface area contributed by atoms with Gasteiger partial charge in [-0.05, 0) is 6.92 Å².